The maximum atomic E-state index is 13.9. The van der Waals surface area contributed by atoms with Crippen molar-refractivity contribution in [2.75, 3.05) is 0 Å². The number of aromatic nitrogens is 4. The Morgan fingerprint density at radius 2 is 1.76 bits per heavy atom. The molecule has 9 heteroatoms. The van der Waals surface area contributed by atoms with Gasteiger partial charge in [-0.15, -0.1) is 10.2 Å². The fourth-order valence-corrected chi connectivity index (χ4v) is 3.24. The highest BCUT2D eigenvalue weighted by Crippen LogP contribution is 2.33. The molecule has 4 aromatic rings. The van der Waals surface area contributed by atoms with Crippen molar-refractivity contribution in [2.45, 2.75) is 6.18 Å². The van der Waals surface area contributed by atoms with Crippen LogP contribution < -0.4 is 0 Å². The van der Waals surface area contributed by atoms with Gasteiger partial charge in [-0.2, -0.15) is 22.8 Å². The van der Waals surface area contributed by atoms with E-state index in [0.29, 0.717) is 15.5 Å². The molecular weight excluding hydrogens is 356 g/mol. The Hall–Kier alpha value is -2.81. The van der Waals surface area contributed by atoms with E-state index in [-0.39, 0.29) is 11.4 Å². The Balaban J connectivity index is 1.84. The van der Waals surface area contributed by atoms with Crippen LogP contribution in [0.4, 0.5) is 17.6 Å². The average Bonchev–Trinajstić information content (AvgIpc) is 3.15. The lowest BCUT2D eigenvalue weighted by molar-refractivity contribution is -0.137. The highest BCUT2D eigenvalue weighted by Gasteiger charge is 2.31. The van der Waals surface area contributed by atoms with Gasteiger partial charge in [0.25, 0.3) is 0 Å². The van der Waals surface area contributed by atoms with Crippen molar-refractivity contribution in [3.63, 3.8) is 0 Å². The highest BCUT2D eigenvalue weighted by molar-refractivity contribution is 7.19. The van der Waals surface area contributed by atoms with E-state index >= 15 is 0 Å². The molecule has 25 heavy (non-hydrogen) atoms. The molecule has 0 bridgehead atoms. The number of benzene rings is 2. The first kappa shape index (κ1) is 15.7. The van der Waals surface area contributed by atoms with E-state index in [2.05, 4.69) is 15.3 Å². The first-order chi connectivity index (χ1) is 11.9. The van der Waals surface area contributed by atoms with Crippen molar-refractivity contribution in [1.82, 2.24) is 19.8 Å². The molecule has 0 atom stereocenters. The average molecular weight is 364 g/mol. The quantitative estimate of drug-likeness (QED) is 0.485. The van der Waals surface area contributed by atoms with Crippen LogP contribution in [0, 0.1) is 5.82 Å². The zero-order valence-corrected chi connectivity index (χ0v) is 13.1. The minimum absolute atomic E-state index is 0.167. The summed E-state index contributed by atoms with van der Waals surface area (Å²) in [5.74, 6) is -0.270. The van der Waals surface area contributed by atoms with E-state index in [4.69, 9.17) is 0 Å². The number of fused-ring (bicyclic) bond motifs is 1. The fraction of sp³-hybridized carbons (Fsp3) is 0.0625. The van der Waals surface area contributed by atoms with E-state index in [1.165, 1.54) is 22.7 Å². The number of alkyl halides is 3. The minimum Gasteiger partial charge on any atom is -0.206 e. The van der Waals surface area contributed by atoms with Crippen LogP contribution in [-0.4, -0.2) is 19.8 Å². The summed E-state index contributed by atoms with van der Waals surface area (Å²) in [6.45, 7) is 0. The van der Waals surface area contributed by atoms with Gasteiger partial charge in [0.1, 0.15) is 5.82 Å². The molecule has 0 saturated heterocycles. The Kier molecular flexibility index (Phi) is 3.53. The summed E-state index contributed by atoms with van der Waals surface area (Å²) < 4.78 is 53.9. The van der Waals surface area contributed by atoms with Gasteiger partial charge in [-0.3, -0.25) is 0 Å². The third-order valence-corrected chi connectivity index (χ3v) is 4.48. The van der Waals surface area contributed by atoms with Gasteiger partial charge in [-0.1, -0.05) is 35.6 Å². The second-order valence-corrected chi connectivity index (χ2v) is 6.14. The predicted molar refractivity (Wildman–Crippen MR) is 84.5 cm³/mol. The van der Waals surface area contributed by atoms with Crippen LogP contribution in [0.3, 0.4) is 0 Å². The molecule has 0 saturated carbocycles. The van der Waals surface area contributed by atoms with Crippen LogP contribution in [-0.2, 0) is 6.18 Å². The van der Waals surface area contributed by atoms with Crippen molar-refractivity contribution in [2.24, 2.45) is 0 Å². The Morgan fingerprint density at radius 3 is 2.52 bits per heavy atom. The molecule has 4 rings (SSSR count). The molecule has 2 aromatic carbocycles. The zero-order valence-electron chi connectivity index (χ0n) is 12.3. The van der Waals surface area contributed by atoms with Crippen LogP contribution in [0.15, 0.2) is 48.5 Å². The first-order valence-corrected chi connectivity index (χ1v) is 7.90. The van der Waals surface area contributed by atoms with Crippen molar-refractivity contribution in [1.29, 1.82) is 0 Å². The van der Waals surface area contributed by atoms with E-state index in [9.17, 15) is 17.6 Å². The number of halogens is 4. The van der Waals surface area contributed by atoms with Gasteiger partial charge in [0.15, 0.2) is 10.8 Å². The summed E-state index contributed by atoms with van der Waals surface area (Å²) in [6, 6.07) is 10.9. The zero-order chi connectivity index (χ0) is 17.6. The van der Waals surface area contributed by atoms with Crippen LogP contribution in [0.5, 0.6) is 0 Å². The fourth-order valence-electron chi connectivity index (χ4n) is 2.38. The predicted octanol–water partition coefficient (Wildman–Crippen LogP) is 4.68. The smallest absolute Gasteiger partial charge is 0.206 e. The van der Waals surface area contributed by atoms with E-state index in [1.807, 2.05) is 0 Å². The van der Waals surface area contributed by atoms with Crippen molar-refractivity contribution >= 4 is 16.3 Å². The van der Waals surface area contributed by atoms with Gasteiger partial charge in [0.05, 0.1) is 5.56 Å². The van der Waals surface area contributed by atoms with Gasteiger partial charge in [0, 0.05) is 11.1 Å². The monoisotopic (exact) mass is 364 g/mol. The molecule has 0 radical (unpaired) electrons. The van der Waals surface area contributed by atoms with E-state index in [1.54, 1.807) is 18.2 Å². The molecular formula is C16H8F4N4S. The number of hydrogen-bond acceptors (Lipinski definition) is 4. The second-order valence-electron chi connectivity index (χ2n) is 5.18. The Morgan fingerprint density at radius 1 is 0.960 bits per heavy atom. The third kappa shape index (κ3) is 2.76. The van der Waals surface area contributed by atoms with Gasteiger partial charge in [-0.05, 0) is 24.3 Å². The maximum absolute atomic E-state index is 13.9. The first-order valence-electron chi connectivity index (χ1n) is 7.08. The molecule has 0 fully saturated rings. The molecule has 0 amide bonds. The summed E-state index contributed by atoms with van der Waals surface area (Å²) in [5, 5.41) is 12.5. The lowest BCUT2D eigenvalue weighted by atomic mass is 10.1. The van der Waals surface area contributed by atoms with Crippen molar-refractivity contribution in [3.05, 3.63) is 59.9 Å². The van der Waals surface area contributed by atoms with Gasteiger partial charge >= 0.3 is 6.18 Å². The van der Waals surface area contributed by atoms with Gasteiger partial charge in [-0.25, -0.2) is 4.39 Å². The number of nitrogens with zero attached hydrogens (tertiary/aromatic N) is 4. The Bertz CT molecular complexity index is 1070. The van der Waals surface area contributed by atoms with Crippen LogP contribution in [0.2, 0.25) is 0 Å². The molecule has 0 unspecified atom stereocenters. The van der Waals surface area contributed by atoms with Crippen molar-refractivity contribution < 1.29 is 17.6 Å². The van der Waals surface area contributed by atoms with Crippen LogP contribution in [0.1, 0.15) is 5.56 Å². The summed E-state index contributed by atoms with van der Waals surface area (Å²) in [5.41, 5.74) is -0.257. The number of hydrogen-bond donors (Lipinski definition) is 0. The topological polar surface area (TPSA) is 43.1 Å². The molecule has 0 aliphatic carbocycles. The lowest BCUT2D eigenvalue weighted by Crippen LogP contribution is -2.05. The van der Waals surface area contributed by atoms with Gasteiger partial charge in [0.2, 0.25) is 4.96 Å². The largest absolute Gasteiger partial charge is 0.416 e. The molecule has 0 aliphatic heterocycles. The molecule has 126 valence electrons. The second kappa shape index (κ2) is 5.62. The van der Waals surface area contributed by atoms with E-state index in [0.717, 1.165) is 23.5 Å². The Labute approximate surface area is 142 Å². The molecule has 0 N–H and O–H groups in total. The van der Waals surface area contributed by atoms with Crippen LogP contribution in [0.25, 0.3) is 26.9 Å². The molecule has 2 aromatic heterocycles. The SMILES string of the molecule is Fc1ccccc1-c1nn2c(-c3cccc(C(F)(F)F)c3)nnc2s1. The highest BCUT2D eigenvalue weighted by atomic mass is 32.1. The van der Waals surface area contributed by atoms with Crippen molar-refractivity contribution in [3.8, 4) is 22.0 Å². The summed E-state index contributed by atoms with van der Waals surface area (Å²) >= 11 is 1.11. The van der Waals surface area contributed by atoms with E-state index < -0.39 is 17.6 Å². The standard InChI is InChI=1S/C16H8F4N4S/c17-12-7-2-1-6-11(12)14-23-24-13(21-22-15(24)25-14)9-4-3-5-10(8-9)16(18,19)20/h1-8H. The van der Waals surface area contributed by atoms with Gasteiger partial charge < -0.3 is 0 Å². The molecule has 0 spiro atoms. The number of rotatable bonds is 2. The maximum Gasteiger partial charge on any atom is 0.416 e. The normalized spacial score (nSPS) is 12.0. The summed E-state index contributed by atoms with van der Waals surface area (Å²) in [7, 11) is 0. The molecule has 2 heterocycles. The summed E-state index contributed by atoms with van der Waals surface area (Å²) in [4.78, 5) is 0.366. The minimum atomic E-state index is -4.46. The lowest BCUT2D eigenvalue weighted by Gasteiger charge is -2.07. The molecule has 0 aliphatic rings. The summed E-state index contributed by atoms with van der Waals surface area (Å²) in [6.07, 6.45) is -4.46. The van der Waals surface area contributed by atoms with Crippen LogP contribution >= 0.6 is 11.3 Å². The third-order valence-electron chi connectivity index (χ3n) is 3.54. The molecule has 4 nitrogen and oxygen atoms in total.